The highest BCUT2D eigenvalue weighted by atomic mass is 35.5. The molecule has 2 amide bonds. The molecule has 0 bridgehead atoms. The molecule has 2 N–H and O–H groups in total. The highest BCUT2D eigenvalue weighted by molar-refractivity contribution is 6.30. The van der Waals surface area contributed by atoms with Crippen LogP contribution in [0.3, 0.4) is 0 Å². The molecule has 150 valence electrons. The predicted molar refractivity (Wildman–Crippen MR) is 112 cm³/mol. The summed E-state index contributed by atoms with van der Waals surface area (Å²) >= 11 is 5.91. The maximum absolute atomic E-state index is 12.3. The van der Waals surface area contributed by atoms with Gasteiger partial charge >= 0.3 is 6.03 Å². The fourth-order valence-electron chi connectivity index (χ4n) is 3.18. The van der Waals surface area contributed by atoms with Crippen LogP contribution in [0.15, 0.2) is 48.5 Å². The lowest BCUT2D eigenvalue weighted by Crippen LogP contribution is -2.31. The first-order chi connectivity index (χ1) is 13.6. The summed E-state index contributed by atoms with van der Waals surface area (Å²) in [4.78, 5) is 12.3. The number of amides is 2. The average Bonchev–Trinajstić information content (AvgIpc) is 2.69. The van der Waals surface area contributed by atoms with Gasteiger partial charge in [-0.05, 0) is 61.6 Å². The molecule has 0 aromatic heterocycles. The van der Waals surface area contributed by atoms with Gasteiger partial charge in [-0.2, -0.15) is 0 Å². The Balaban J connectivity index is 1.46. The van der Waals surface area contributed by atoms with Gasteiger partial charge in [0.1, 0.15) is 0 Å². The van der Waals surface area contributed by atoms with Crippen molar-refractivity contribution in [2.75, 3.05) is 18.5 Å². The second kappa shape index (κ2) is 10.5. The summed E-state index contributed by atoms with van der Waals surface area (Å²) < 4.78 is 11.5. The van der Waals surface area contributed by atoms with Crippen LogP contribution in [-0.2, 0) is 16.1 Å². The van der Waals surface area contributed by atoms with Gasteiger partial charge in [-0.3, -0.25) is 0 Å². The van der Waals surface area contributed by atoms with Gasteiger partial charge in [0.25, 0.3) is 0 Å². The molecule has 2 aromatic carbocycles. The molecule has 0 aliphatic carbocycles. The van der Waals surface area contributed by atoms with Gasteiger partial charge in [0, 0.05) is 17.3 Å². The maximum Gasteiger partial charge on any atom is 0.319 e. The van der Waals surface area contributed by atoms with Crippen molar-refractivity contribution in [3.8, 4) is 0 Å². The number of anilines is 1. The van der Waals surface area contributed by atoms with Gasteiger partial charge in [-0.25, -0.2) is 4.79 Å². The predicted octanol–water partition coefficient (Wildman–Crippen LogP) is 5.31. The van der Waals surface area contributed by atoms with Gasteiger partial charge in [0.2, 0.25) is 0 Å². The zero-order chi connectivity index (χ0) is 19.8. The van der Waals surface area contributed by atoms with E-state index in [2.05, 4.69) is 10.6 Å². The van der Waals surface area contributed by atoms with Crippen LogP contribution in [0.5, 0.6) is 0 Å². The SMILES string of the molecule is CC(NC(=O)Nc1cccc(COCC2CCCCO2)c1)c1ccc(Cl)cc1. The fourth-order valence-corrected chi connectivity index (χ4v) is 3.31. The highest BCUT2D eigenvalue weighted by Crippen LogP contribution is 2.17. The number of halogens is 1. The summed E-state index contributed by atoms with van der Waals surface area (Å²) in [5.41, 5.74) is 2.74. The first kappa shape index (κ1) is 20.6. The molecule has 28 heavy (non-hydrogen) atoms. The van der Waals surface area contributed by atoms with Crippen molar-refractivity contribution in [1.29, 1.82) is 0 Å². The lowest BCUT2D eigenvalue weighted by molar-refractivity contribution is -0.0447. The van der Waals surface area contributed by atoms with Crippen LogP contribution in [0.2, 0.25) is 5.02 Å². The van der Waals surface area contributed by atoms with E-state index in [9.17, 15) is 4.79 Å². The number of hydrogen-bond donors (Lipinski definition) is 2. The van der Waals surface area contributed by atoms with Crippen LogP contribution in [0.25, 0.3) is 0 Å². The smallest absolute Gasteiger partial charge is 0.319 e. The molecule has 1 heterocycles. The van der Waals surface area contributed by atoms with E-state index in [1.807, 2.05) is 55.5 Å². The van der Waals surface area contributed by atoms with Crippen molar-refractivity contribution in [3.63, 3.8) is 0 Å². The minimum absolute atomic E-state index is 0.126. The van der Waals surface area contributed by atoms with Gasteiger partial charge in [0.15, 0.2) is 0 Å². The normalized spacial score (nSPS) is 17.7. The largest absolute Gasteiger partial charge is 0.376 e. The standard InChI is InChI=1S/C22H27ClN2O3/c1-16(18-8-10-19(23)11-9-18)24-22(26)25-20-6-4-5-17(13-20)14-27-15-21-7-2-3-12-28-21/h4-6,8-11,13,16,21H,2-3,7,12,14-15H2,1H3,(H2,24,25,26). The van der Waals surface area contributed by atoms with E-state index in [0.717, 1.165) is 36.3 Å². The monoisotopic (exact) mass is 402 g/mol. The van der Waals surface area contributed by atoms with Gasteiger partial charge < -0.3 is 20.1 Å². The third-order valence-corrected chi connectivity index (χ3v) is 5.00. The van der Waals surface area contributed by atoms with Crippen molar-refractivity contribution >= 4 is 23.3 Å². The van der Waals surface area contributed by atoms with Crippen LogP contribution in [0, 0.1) is 0 Å². The van der Waals surface area contributed by atoms with E-state index in [-0.39, 0.29) is 18.2 Å². The molecule has 1 fully saturated rings. The minimum atomic E-state index is -0.254. The van der Waals surface area contributed by atoms with Crippen molar-refractivity contribution in [2.24, 2.45) is 0 Å². The van der Waals surface area contributed by atoms with Crippen molar-refractivity contribution < 1.29 is 14.3 Å². The van der Waals surface area contributed by atoms with Crippen molar-refractivity contribution in [3.05, 3.63) is 64.7 Å². The number of carbonyl (C=O) groups is 1. The number of ether oxygens (including phenoxy) is 2. The Labute approximate surface area is 171 Å². The first-order valence-corrected chi connectivity index (χ1v) is 10.1. The van der Waals surface area contributed by atoms with Crippen LogP contribution in [0.1, 0.15) is 43.4 Å². The lowest BCUT2D eigenvalue weighted by Gasteiger charge is -2.22. The van der Waals surface area contributed by atoms with E-state index in [1.54, 1.807) is 0 Å². The molecular weight excluding hydrogens is 376 g/mol. The Morgan fingerprint density at radius 1 is 1.25 bits per heavy atom. The van der Waals surface area contributed by atoms with Crippen LogP contribution in [-0.4, -0.2) is 25.3 Å². The van der Waals surface area contributed by atoms with Crippen molar-refractivity contribution in [2.45, 2.75) is 44.9 Å². The van der Waals surface area contributed by atoms with Gasteiger partial charge in [-0.15, -0.1) is 0 Å². The van der Waals surface area contributed by atoms with E-state index in [4.69, 9.17) is 21.1 Å². The molecule has 1 aliphatic heterocycles. The summed E-state index contributed by atoms with van der Waals surface area (Å²) in [6.07, 6.45) is 3.61. The topological polar surface area (TPSA) is 59.6 Å². The summed E-state index contributed by atoms with van der Waals surface area (Å²) in [6.45, 7) is 3.87. The van der Waals surface area contributed by atoms with E-state index < -0.39 is 0 Å². The number of carbonyl (C=O) groups excluding carboxylic acids is 1. The zero-order valence-electron chi connectivity index (χ0n) is 16.1. The Kier molecular flexibility index (Phi) is 7.71. The molecule has 2 atom stereocenters. The molecule has 2 aromatic rings. The number of hydrogen-bond acceptors (Lipinski definition) is 3. The Morgan fingerprint density at radius 3 is 2.82 bits per heavy atom. The molecule has 6 heteroatoms. The molecule has 1 aliphatic rings. The quantitative estimate of drug-likeness (QED) is 0.659. The molecule has 0 radical (unpaired) electrons. The van der Waals surface area contributed by atoms with E-state index in [1.165, 1.54) is 6.42 Å². The van der Waals surface area contributed by atoms with Crippen LogP contribution < -0.4 is 10.6 Å². The summed E-state index contributed by atoms with van der Waals surface area (Å²) in [7, 11) is 0. The summed E-state index contributed by atoms with van der Waals surface area (Å²) in [6, 6.07) is 14.7. The summed E-state index contributed by atoms with van der Waals surface area (Å²) in [5, 5.41) is 6.48. The number of rotatable bonds is 7. The minimum Gasteiger partial charge on any atom is -0.376 e. The molecule has 5 nitrogen and oxygen atoms in total. The number of nitrogens with one attached hydrogen (secondary N) is 2. The first-order valence-electron chi connectivity index (χ1n) is 9.71. The Morgan fingerprint density at radius 2 is 2.07 bits per heavy atom. The highest BCUT2D eigenvalue weighted by Gasteiger charge is 2.14. The second-order valence-corrected chi connectivity index (χ2v) is 7.51. The fraction of sp³-hybridized carbons (Fsp3) is 0.409. The lowest BCUT2D eigenvalue weighted by atomic mass is 10.1. The molecule has 0 spiro atoms. The average molecular weight is 403 g/mol. The molecule has 2 unspecified atom stereocenters. The third kappa shape index (κ3) is 6.51. The van der Waals surface area contributed by atoms with E-state index >= 15 is 0 Å². The molecule has 0 saturated carbocycles. The maximum atomic E-state index is 12.3. The van der Waals surface area contributed by atoms with Gasteiger partial charge in [-0.1, -0.05) is 35.9 Å². The molecule has 1 saturated heterocycles. The van der Waals surface area contributed by atoms with Gasteiger partial charge in [0.05, 0.1) is 25.4 Å². The zero-order valence-corrected chi connectivity index (χ0v) is 16.9. The van der Waals surface area contributed by atoms with E-state index in [0.29, 0.717) is 18.2 Å². The number of benzene rings is 2. The molecule has 3 rings (SSSR count). The van der Waals surface area contributed by atoms with Crippen LogP contribution >= 0.6 is 11.6 Å². The Bertz CT molecular complexity index is 761. The summed E-state index contributed by atoms with van der Waals surface area (Å²) in [5.74, 6) is 0. The van der Waals surface area contributed by atoms with Crippen molar-refractivity contribution in [1.82, 2.24) is 5.32 Å². The molecular formula is C22H27ClN2O3. The third-order valence-electron chi connectivity index (χ3n) is 4.75. The Hall–Kier alpha value is -2.08. The van der Waals surface area contributed by atoms with Crippen LogP contribution in [0.4, 0.5) is 10.5 Å². The second-order valence-electron chi connectivity index (χ2n) is 7.08. The number of urea groups is 1.